The summed E-state index contributed by atoms with van der Waals surface area (Å²) in [5.41, 5.74) is -4.79. The van der Waals surface area contributed by atoms with Gasteiger partial charge in [-0.15, -0.1) is 0 Å². The molecule has 0 aromatic heterocycles. The zero-order valence-electron chi connectivity index (χ0n) is 7.94. The Hall–Kier alpha value is -0.450. The largest absolute Gasteiger partial charge is 0.446 e. The molecule has 0 heterocycles. The number of halogens is 3. The fourth-order valence-electron chi connectivity index (χ4n) is 1.20. The topological polar surface area (TPSA) is 17.1 Å². The third kappa shape index (κ3) is 3.04. The second-order valence-corrected chi connectivity index (χ2v) is 5.10. The van der Waals surface area contributed by atoms with Gasteiger partial charge in [0, 0.05) is 5.41 Å². The van der Waals surface area contributed by atoms with Crippen LogP contribution >= 0.6 is 11.8 Å². The van der Waals surface area contributed by atoms with Crippen LogP contribution in [0.1, 0.15) is 26.7 Å². The van der Waals surface area contributed by atoms with Crippen LogP contribution in [0.2, 0.25) is 0 Å². The quantitative estimate of drug-likeness (QED) is 0.678. The van der Waals surface area contributed by atoms with Crippen molar-refractivity contribution >= 4 is 17.5 Å². The number of rotatable bonds is 1. The average Bonchev–Trinajstić information content (AvgIpc) is 1.95. The lowest BCUT2D eigenvalue weighted by atomic mass is 9.80. The van der Waals surface area contributed by atoms with Gasteiger partial charge in [-0.3, -0.25) is 4.79 Å². The number of carbonyl (C=O) groups is 1. The van der Waals surface area contributed by atoms with Gasteiger partial charge in [-0.05, 0) is 35.6 Å². The van der Waals surface area contributed by atoms with Gasteiger partial charge in [0.25, 0.3) is 0 Å². The summed E-state index contributed by atoms with van der Waals surface area (Å²) >= 11 is -0.178. The number of alkyl halides is 3. The van der Waals surface area contributed by atoms with E-state index in [1.54, 1.807) is 13.8 Å². The van der Waals surface area contributed by atoms with Crippen molar-refractivity contribution in [3.05, 3.63) is 11.0 Å². The fraction of sp³-hybridized carbons (Fsp3) is 0.667. The van der Waals surface area contributed by atoms with Crippen LogP contribution in [0.3, 0.4) is 0 Å². The van der Waals surface area contributed by atoms with Crippen LogP contribution < -0.4 is 0 Å². The van der Waals surface area contributed by atoms with Crippen LogP contribution in [-0.4, -0.2) is 11.3 Å². The van der Waals surface area contributed by atoms with Gasteiger partial charge in [0.1, 0.15) is 0 Å². The van der Waals surface area contributed by atoms with E-state index in [4.69, 9.17) is 0 Å². The van der Waals surface area contributed by atoms with Gasteiger partial charge in [0.2, 0.25) is 0 Å². The highest BCUT2D eigenvalue weighted by molar-refractivity contribution is 8.03. The van der Waals surface area contributed by atoms with E-state index in [-0.39, 0.29) is 22.5 Å². The van der Waals surface area contributed by atoms with Gasteiger partial charge in [-0.25, -0.2) is 0 Å². The summed E-state index contributed by atoms with van der Waals surface area (Å²) in [5, 5.41) is 0. The first-order valence-corrected chi connectivity index (χ1v) is 5.03. The maximum atomic E-state index is 12.0. The summed E-state index contributed by atoms with van der Waals surface area (Å²) < 4.78 is 35.9. The van der Waals surface area contributed by atoms with E-state index in [0.717, 1.165) is 6.08 Å². The molecular weight excluding hydrogens is 213 g/mol. The molecule has 0 amide bonds. The Labute approximate surface area is 84.7 Å². The number of allylic oxidation sites excluding steroid dienone is 2. The van der Waals surface area contributed by atoms with E-state index in [1.807, 2.05) is 0 Å². The number of ketones is 1. The van der Waals surface area contributed by atoms with Gasteiger partial charge in [-0.2, -0.15) is 13.2 Å². The van der Waals surface area contributed by atoms with Gasteiger partial charge in [0.05, 0.1) is 0 Å². The van der Waals surface area contributed by atoms with Crippen molar-refractivity contribution in [2.24, 2.45) is 5.41 Å². The Morgan fingerprint density at radius 2 is 2.00 bits per heavy atom. The minimum absolute atomic E-state index is 0.127. The van der Waals surface area contributed by atoms with E-state index < -0.39 is 10.9 Å². The first-order chi connectivity index (χ1) is 6.21. The molecule has 1 rings (SSSR count). The third-order valence-electron chi connectivity index (χ3n) is 2.20. The molecule has 1 nitrogen and oxygen atoms in total. The minimum atomic E-state index is -4.28. The van der Waals surface area contributed by atoms with Crippen molar-refractivity contribution in [2.75, 3.05) is 0 Å². The first kappa shape index (κ1) is 11.6. The average molecular weight is 224 g/mol. The number of hydrogen-bond acceptors (Lipinski definition) is 2. The Balaban J connectivity index is 2.72. The van der Waals surface area contributed by atoms with Crippen molar-refractivity contribution in [3.63, 3.8) is 0 Å². The monoisotopic (exact) mass is 224 g/mol. The molecule has 1 aliphatic carbocycles. The zero-order valence-corrected chi connectivity index (χ0v) is 8.76. The SMILES string of the molecule is CC1(C)CCC(SC(F)(F)F)=CC1=O. The standard InChI is InChI=1S/C9H11F3OS/c1-8(2)4-3-6(5-7(8)13)14-9(10,11)12/h5H,3-4H2,1-2H3. The summed E-state index contributed by atoms with van der Waals surface area (Å²) in [4.78, 5) is 11.5. The molecule has 0 saturated heterocycles. The number of carbonyl (C=O) groups excluding carboxylic acids is 1. The molecule has 0 bridgehead atoms. The molecule has 0 fully saturated rings. The molecule has 80 valence electrons. The van der Waals surface area contributed by atoms with Crippen molar-refractivity contribution < 1.29 is 18.0 Å². The molecule has 0 saturated carbocycles. The summed E-state index contributed by atoms with van der Waals surface area (Å²) in [5.74, 6) is -0.212. The Morgan fingerprint density at radius 1 is 1.43 bits per heavy atom. The Bertz CT molecular complexity index is 278. The van der Waals surface area contributed by atoms with E-state index in [1.165, 1.54) is 0 Å². The lowest BCUT2D eigenvalue weighted by Crippen LogP contribution is -2.26. The molecule has 1 aliphatic rings. The molecule has 0 atom stereocenters. The predicted octanol–water partition coefficient (Wildman–Crippen LogP) is 3.51. The Kier molecular flexibility index (Phi) is 2.99. The number of hydrogen-bond donors (Lipinski definition) is 0. The van der Waals surface area contributed by atoms with Crippen LogP contribution in [0.5, 0.6) is 0 Å². The molecule has 14 heavy (non-hydrogen) atoms. The second-order valence-electron chi connectivity index (χ2n) is 3.91. The van der Waals surface area contributed by atoms with Crippen molar-refractivity contribution in [3.8, 4) is 0 Å². The molecule has 0 aromatic rings. The highest BCUT2D eigenvalue weighted by Gasteiger charge is 2.35. The molecular formula is C9H11F3OS. The molecule has 0 N–H and O–H groups in total. The molecule has 0 radical (unpaired) electrons. The first-order valence-electron chi connectivity index (χ1n) is 4.21. The highest BCUT2D eigenvalue weighted by atomic mass is 32.2. The van der Waals surface area contributed by atoms with E-state index >= 15 is 0 Å². The summed E-state index contributed by atoms with van der Waals surface area (Å²) in [7, 11) is 0. The van der Waals surface area contributed by atoms with E-state index in [9.17, 15) is 18.0 Å². The van der Waals surface area contributed by atoms with Crippen molar-refractivity contribution in [1.29, 1.82) is 0 Å². The predicted molar refractivity (Wildman–Crippen MR) is 49.8 cm³/mol. The minimum Gasteiger partial charge on any atom is -0.294 e. The fourth-order valence-corrected chi connectivity index (χ4v) is 1.87. The normalized spacial score (nSPS) is 22.1. The van der Waals surface area contributed by atoms with Gasteiger partial charge in [0.15, 0.2) is 5.78 Å². The Morgan fingerprint density at radius 3 is 2.43 bits per heavy atom. The van der Waals surface area contributed by atoms with E-state index in [2.05, 4.69) is 0 Å². The third-order valence-corrected chi connectivity index (χ3v) is 3.02. The maximum absolute atomic E-state index is 12.0. The van der Waals surface area contributed by atoms with Crippen LogP contribution in [0.4, 0.5) is 13.2 Å². The van der Waals surface area contributed by atoms with Crippen LogP contribution in [0.25, 0.3) is 0 Å². The van der Waals surface area contributed by atoms with Gasteiger partial charge >= 0.3 is 5.51 Å². The summed E-state index contributed by atoms with van der Waals surface area (Å²) in [6, 6.07) is 0. The molecule has 0 unspecified atom stereocenters. The van der Waals surface area contributed by atoms with Gasteiger partial charge in [-0.1, -0.05) is 13.8 Å². The number of thioether (sulfide) groups is 1. The molecule has 0 aromatic carbocycles. The highest BCUT2D eigenvalue weighted by Crippen LogP contribution is 2.43. The lowest BCUT2D eigenvalue weighted by molar-refractivity contribution is -0.122. The lowest BCUT2D eigenvalue weighted by Gasteiger charge is -2.26. The van der Waals surface area contributed by atoms with Crippen molar-refractivity contribution in [1.82, 2.24) is 0 Å². The van der Waals surface area contributed by atoms with Crippen molar-refractivity contribution in [2.45, 2.75) is 32.2 Å². The van der Waals surface area contributed by atoms with E-state index in [0.29, 0.717) is 12.8 Å². The molecule has 0 aliphatic heterocycles. The zero-order chi connectivity index (χ0) is 11.0. The van der Waals surface area contributed by atoms with Crippen LogP contribution in [0.15, 0.2) is 11.0 Å². The smallest absolute Gasteiger partial charge is 0.294 e. The van der Waals surface area contributed by atoms with Crippen LogP contribution in [0, 0.1) is 5.41 Å². The maximum Gasteiger partial charge on any atom is 0.446 e. The molecule has 5 heteroatoms. The van der Waals surface area contributed by atoms with Crippen LogP contribution in [-0.2, 0) is 4.79 Å². The second kappa shape index (κ2) is 3.61. The summed E-state index contributed by atoms with van der Waals surface area (Å²) in [6.07, 6.45) is 1.95. The van der Waals surface area contributed by atoms with Gasteiger partial charge < -0.3 is 0 Å². The summed E-state index contributed by atoms with van der Waals surface area (Å²) in [6.45, 7) is 3.50. The molecule has 0 spiro atoms.